The average Bonchev–Trinajstić information content (AvgIpc) is 2.16. The van der Waals surface area contributed by atoms with Gasteiger partial charge in [0.15, 0.2) is 5.78 Å². The molecule has 0 N–H and O–H groups in total. The molecule has 0 fully saturated rings. The van der Waals surface area contributed by atoms with E-state index in [2.05, 4.69) is 4.98 Å². The second kappa shape index (κ2) is 4.42. The van der Waals surface area contributed by atoms with Crippen molar-refractivity contribution in [1.82, 2.24) is 4.98 Å². The number of carbonyl (C=O) groups is 2. The van der Waals surface area contributed by atoms with Crippen LogP contribution in [-0.2, 0) is 4.79 Å². The van der Waals surface area contributed by atoms with Gasteiger partial charge in [0.25, 0.3) is 0 Å². The highest BCUT2D eigenvalue weighted by Gasteiger charge is 2.39. The molecule has 1 heterocycles. The zero-order valence-electron chi connectivity index (χ0n) is 8.34. The lowest BCUT2D eigenvalue weighted by Crippen LogP contribution is -2.25. The largest absolute Gasteiger partial charge is 0.450 e. The van der Waals surface area contributed by atoms with E-state index < -0.39 is 24.2 Å². The van der Waals surface area contributed by atoms with E-state index in [0.29, 0.717) is 5.56 Å². The predicted octanol–water partition coefficient (Wildman–Crippen LogP) is 2.09. The maximum atomic E-state index is 11.9. The van der Waals surface area contributed by atoms with Gasteiger partial charge in [-0.1, -0.05) is 0 Å². The summed E-state index contributed by atoms with van der Waals surface area (Å²) in [6.45, 7) is 1.67. The fraction of sp³-hybridized carbons (Fsp3) is 0.300. The fourth-order valence-electron chi connectivity index (χ4n) is 1.03. The maximum Gasteiger partial charge on any atom is 0.450 e. The summed E-state index contributed by atoms with van der Waals surface area (Å²) in [4.78, 5) is 25.4. The van der Waals surface area contributed by atoms with E-state index >= 15 is 0 Å². The van der Waals surface area contributed by atoms with E-state index in [0.717, 1.165) is 0 Å². The van der Waals surface area contributed by atoms with Crippen molar-refractivity contribution in [3.8, 4) is 0 Å². The number of pyridine rings is 1. The monoisotopic (exact) mass is 231 g/mol. The summed E-state index contributed by atoms with van der Waals surface area (Å²) in [7, 11) is 0. The lowest BCUT2D eigenvalue weighted by atomic mass is 10.1. The predicted molar refractivity (Wildman–Crippen MR) is 49.0 cm³/mol. The van der Waals surface area contributed by atoms with Crippen molar-refractivity contribution in [2.24, 2.45) is 0 Å². The highest BCUT2D eigenvalue weighted by atomic mass is 19.4. The first-order chi connectivity index (χ1) is 7.30. The molecule has 0 spiro atoms. The Bertz CT molecular complexity index is 426. The highest BCUT2D eigenvalue weighted by molar-refractivity contribution is 6.08. The zero-order chi connectivity index (χ0) is 12.3. The molecule has 0 aromatic carbocycles. The molecule has 0 aliphatic carbocycles. The third-order valence-electron chi connectivity index (χ3n) is 1.84. The molecule has 0 atom stereocenters. The zero-order valence-corrected chi connectivity index (χ0v) is 8.34. The number of alkyl halides is 3. The van der Waals surface area contributed by atoms with Crippen LogP contribution in [0.5, 0.6) is 0 Å². The molecule has 1 aromatic heterocycles. The Morgan fingerprint density at radius 3 is 2.50 bits per heavy atom. The van der Waals surface area contributed by atoms with Gasteiger partial charge in [0, 0.05) is 6.20 Å². The second-order valence-corrected chi connectivity index (χ2v) is 3.24. The van der Waals surface area contributed by atoms with Crippen molar-refractivity contribution in [2.75, 3.05) is 0 Å². The molecule has 0 saturated carbocycles. The Morgan fingerprint density at radius 1 is 1.38 bits per heavy atom. The quantitative estimate of drug-likeness (QED) is 0.591. The lowest BCUT2D eigenvalue weighted by molar-refractivity contribution is -0.170. The Kier molecular flexibility index (Phi) is 3.41. The molecule has 6 heteroatoms. The van der Waals surface area contributed by atoms with Gasteiger partial charge >= 0.3 is 6.18 Å². The van der Waals surface area contributed by atoms with Crippen molar-refractivity contribution in [1.29, 1.82) is 0 Å². The van der Waals surface area contributed by atoms with Crippen molar-refractivity contribution in [2.45, 2.75) is 19.5 Å². The number of carbonyl (C=O) groups excluding carboxylic acids is 2. The third kappa shape index (κ3) is 3.15. The molecule has 1 rings (SSSR count). The van der Waals surface area contributed by atoms with Crippen LogP contribution in [0.4, 0.5) is 13.2 Å². The minimum absolute atomic E-state index is 0.127. The molecule has 0 aliphatic heterocycles. The molecule has 16 heavy (non-hydrogen) atoms. The van der Waals surface area contributed by atoms with E-state index in [4.69, 9.17) is 0 Å². The summed E-state index contributed by atoms with van der Waals surface area (Å²) in [6, 6.07) is 2.94. The molecule has 1 aromatic rings. The van der Waals surface area contributed by atoms with Crippen molar-refractivity contribution in [3.05, 3.63) is 29.6 Å². The average molecular weight is 231 g/mol. The van der Waals surface area contributed by atoms with E-state index in [9.17, 15) is 22.8 Å². The summed E-state index contributed by atoms with van der Waals surface area (Å²) in [5.41, 5.74) is 0.565. The van der Waals surface area contributed by atoms with Gasteiger partial charge in [0.05, 0.1) is 6.42 Å². The van der Waals surface area contributed by atoms with Crippen LogP contribution in [0.1, 0.15) is 22.5 Å². The Balaban J connectivity index is 2.78. The molecule has 3 nitrogen and oxygen atoms in total. The van der Waals surface area contributed by atoms with Gasteiger partial charge in [-0.25, -0.2) is 0 Å². The maximum absolute atomic E-state index is 11.9. The first-order valence-corrected chi connectivity index (χ1v) is 4.36. The number of aryl methyl sites for hydroxylation is 1. The third-order valence-corrected chi connectivity index (χ3v) is 1.84. The number of ketones is 2. The highest BCUT2D eigenvalue weighted by Crippen LogP contribution is 2.18. The van der Waals surface area contributed by atoms with E-state index in [1.165, 1.54) is 12.3 Å². The van der Waals surface area contributed by atoms with Crippen LogP contribution in [0.2, 0.25) is 0 Å². The molecular weight excluding hydrogens is 223 g/mol. The number of hydrogen-bond donors (Lipinski definition) is 0. The summed E-state index contributed by atoms with van der Waals surface area (Å²) in [5.74, 6) is -2.98. The molecule has 86 valence electrons. The van der Waals surface area contributed by atoms with Crippen LogP contribution in [0.3, 0.4) is 0 Å². The topological polar surface area (TPSA) is 47.0 Å². The summed E-state index contributed by atoms with van der Waals surface area (Å²) < 4.78 is 35.6. The minimum Gasteiger partial charge on any atom is -0.292 e. The van der Waals surface area contributed by atoms with E-state index in [1.807, 2.05) is 0 Å². The first-order valence-electron chi connectivity index (χ1n) is 4.36. The minimum atomic E-state index is -4.97. The Hall–Kier alpha value is -1.72. The number of halogens is 3. The van der Waals surface area contributed by atoms with Gasteiger partial charge in [0.2, 0.25) is 5.78 Å². The molecule has 0 saturated heterocycles. The van der Waals surface area contributed by atoms with Gasteiger partial charge in [-0.3, -0.25) is 14.6 Å². The number of rotatable bonds is 3. The first kappa shape index (κ1) is 12.4. The van der Waals surface area contributed by atoms with Crippen LogP contribution in [0.15, 0.2) is 18.3 Å². The molecule has 0 bridgehead atoms. The van der Waals surface area contributed by atoms with Gasteiger partial charge in [-0.2, -0.15) is 13.2 Å². The molecule has 0 amide bonds. The summed E-state index contributed by atoms with van der Waals surface area (Å²) in [5, 5.41) is 0. The number of aromatic nitrogens is 1. The molecule has 0 unspecified atom stereocenters. The van der Waals surface area contributed by atoms with E-state index in [-0.39, 0.29) is 5.69 Å². The van der Waals surface area contributed by atoms with Crippen LogP contribution in [0, 0.1) is 6.92 Å². The van der Waals surface area contributed by atoms with Gasteiger partial charge in [-0.05, 0) is 24.6 Å². The molecular formula is C10H8F3NO2. The molecule has 0 aliphatic rings. The summed E-state index contributed by atoms with van der Waals surface area (Å²) >= 11 is 0. The van der Waals surface area contributed by atoms with Crippen LogP contribution in [0.25, 0.3) is 0 Å². The van der Waals surface area contributed by atoms with Crippen LogP contribution >= 0.6 is 0 Å². The Labute approximate surface area is 89.3 Å². The lowest BCUT2D eigenvalue weighted by Gasteiger charge is -2.04. The van der Waals surface area contributed by atoms with Gasteiger partial charge in [0.1, 0.15) is 5.69 Å². The van der Waals surface area contributed by atoms with Crippen molar-refractivity contribution in [3.63, 3.8) is 0 Å². The van der Waals surface area contributed by atoms with Crippen LogP contribution in [-0.4, -0.2) is 22.7 Å². The van der Waals surface area contributed by atoms with Crippen molar-refractivity contribution < 1.29 is 22.8 Å². The Morgan fingerprint density at radius 2 is 2.00 bits per heavy atom. The standard InChI is InChI=1S/C10H8F3NO2/c1-6-2-3-14-7(4-6)8(15)5-9(16)10(11,12)13/h2-4H,5H2,1H3. The second-order valence-electron chi connectivity index (χ2n) is 3.24. The van der Waals surface area contributed by atoms with Crippen molar-refractivity contribution >= 4 is 11.6 Å². The van der Waals surface area contributed by atoms with E-state index in [1.54, 1.807) is 13.0 Å². The van der Waals surface area contributed by atoms with Gasteiger partial charge in [-0.15, -0.1) is 0 Å². The number of Topliss-reactive ketones (excluding diaryl/α,β-unsaturated/α-hetero) is 2. The SMILES string of the molecule is Cc1ccnc(C(=O)CC(=O)C(F)(F)F)c1. The normalized spacial score (nSPS) is 11.2. The fourth-order valence-corrected chi connectivity index (χ4v) is 1.03. The van der Waals surface area contributed by atoms with Gasteiger partial charge < -0.3 is 0 Å². The van der Waals surface area contributed by atoms with Crippen LogP contribution < -0.4 is 0 Å². The smallest absolute Gasteiger partial charge is 0.292 e. The molecule has 0 radical (unpaired) electrons. The number of nitrogens with zero attached hydrogens (tertiary/aromatic N) is 1. The number of hydrogen-bond acceptors (Lipinski definition) is 3. The summed E-state index contributed by atoms with van der Waals surface area (Å²) in [6.07, 6.45) is -4.86.